The molecule has 0 spiro atoms. The van der Waals surface area contributed by atoms with Crippen LogP contribution in [0.15, 0.2) is 4.79 Å². The third-order valence-corrected chi connectivity index (χ3v) is 0.888. The summed E-state index contributed by atoms with van der Waals surface area (Å²) in [6, 6.07) is 0. The van der Waals surface area contributed by atoms with Gasteiger partial charge in [-0.1, -0.05) is 6.92 Å². The first kappa shape index (κ1) is 6.00. The lowest BCUT2D eigenvalue weighted by molar-refractivity contribution is 0.621. The van der Waals surface area contributed by atoms with E-state index in [9.17, 15) is 4.79 Å². The van der Waals surface area contributed by atoms with E-state index >= 15 is 0 Å². The van der Waals surface area contributed by atoms with Crippen LogP contribution in [0, 0.1) is 6.42 Å². The second kappa shape index (κ2) is 2.43. The van der Waals surface area contributed by atoms with E-state index in [4.69, 9.17) is 0 Å². The normalized spacial score (nSPS) is 9.89. The molecule has 0 saturated carbocycles. The van der Waals surface area contributed by atoms with E-state index < -0.39 is 0 Å². The zero-order valence-corrected chi connectivity index (χ0v) is 5.03. The zero-order valence-electron chi connectivity index (χ0n) is 5.03. The summed E-state index contributed by atoms with van der Waals surface area (Å²) in [5.74, 6) is 0. The molecule has 0 aliphatic carbocycles. The Kier molecular flexibility index (Phi) is 1.62. The maximum absolute atomic E-state index is 10.6. The van der Waals surface area contributed by atoms with Crippen LogP contribution in [0.3, 0.4) is 0 Å². The minimum atomic E-state index is -0.270. The minimum absolute atomic E-state index is 0.270. The third-order valence-electron chi connectivity index (χ3n) is 0.888. The SMILES string of the molecule is C[CH]Cn1nn[nH]c1=O. The molecule has 1 rings (SSSR count). The number of aromatic nitrogens is 4. The van der Waals surface area contributed by atoms with Gasteiger partial charge in [-0.3, -0.25) is 0 Å². The number of nitrogens with zero attached hydrogens (tertiary/aromatic N) is 3. The van der Waals surface area contributed by atoms with Crippen molar-refractivity contribution < 1.29 is 0 Å². The second-order valence-electron chi connectivity index (χ2n) is 1.60. The molecule has 0 aliphatic heterocycles. The maximum Gasteiger partial charge on any atom is 0.361 e. The second-order valence-corrected chi connectivity index (χ2v) is 1.60. The summed E-state index contributed by atoms with van der Waals surface area (Å²) in [5, 5.41) is 8.95. The predicted octanol–water partition coefficient (Wildman–Crippen LogP) is -0.809. The lowest BCUT2D eigenvalue weighted by Crippen LogP contribution is -2.17. The van der Waals surface area contributed by atoms with E-state index in [1.165, 1.54) is 4.68 Å². The summed E-state index contributed by atoms with van der Waals surface area (Å²) in [6.45, 7) is 2.36. The van der Waals surface area contributed by atoms with Crippen molar-refractivity contribution in [1.29, 1.82) is 0 Å². The van der Waals surface area contributed by atoms with Crippen molar-refractivity contribution in [2.45, 2.75) is 13.5 Å². The Morgan fingerprint density at radius 2 is 2.67 bits per heavy atom. The molecule has 0 saturated heterocycles. The molecule has 5 heteroatoms. The molecule has 1 heterocycles. The number of aromatic amines is 1. The third kappa shape index (κ3) is 1.16. The number of rotatable bonds is 2. The van der Waals surface area contributed by atoms with E-state index in [0.29, 0.717) is 6.54 Å². The zero-order chi connectivity index (χ0) is 6.69. The van der Waals surface area contributed by atoms with Gasteiger partial charge in [0.05, 0.1) is 6.54 Å². The first-order chi connectivity index (χ1) is 4.34. The van der Waals surface area contributed by atoms with Crippen molar-refractivity contribution >= 4 is 0 Å². The summed E-state index contributed by atoms with van der Waals surface area (Å²) in [5.41, 5.74) is -0.270. The molecule has 0 atom stereocenters. The lowest BCUT2D eigenvalue weighted by Gasteiger charge is -1.88. The summed E-state index contributed by atoms with van der Waals surface area (Å²) in [7, 11) is 0. The molecule has 9 heavy (non-hydrogen) atoms. The molecule has 0 aliphatic rings. The first-order valence-electron chi connectivity index (χ1n) is 2.60. The highest BCUT2D eigenvalue weighted by atomic mass is 16.2. The Hall–Kier alpha value is -1.13. The largest absolute Gasteiger partial charge is 0.361 e. The van der Waals surface area contributed by atoms with E-state index in [-0.39, 0.29) is 5.69 Å². The van der Waals surface area contributed by atoms with Gasteiger partial charge in [-0.15, -0.1) is 0 Å². The van der Waals surface area contributed by atoms with Gasteiger partial charge in [0.1, 0.15) is 0 Å². The van der Waals surface area contributed by atoms with Crippen molar-refractivity contribution in [2.75, 3.05) is 0 Å². The van der Waals surface area contributed by atoms with Crippen molar-refractivity contribution in [3.63, 3.8) is 0 Å². The van der Waals surface area contributed by atoms with Gasteiger partial charge >= 0.3 is 5.69 Å². The van der Waals surface area contributed by atoms with Crippen molar-refractivity contribution in [2.24, 2.45) is 0 Å². The molecule has 0 amide bonds. The molecular weight excluding hydrogens is 120 g/mol. The Morgan fingerprint density at radius 1 is 1.89 bits per heavy atom. The van der Waals surface area contributed by atoms with Gasteiger partial charge in [0.25, 0.3) is 0 Å². The van der Waals surface area contributed by atoms with Crippen molar-refractivity contribution in [1.82, 2.24) is 20.2 Å². The highest BCUT2D eigenvalue weighted by Gasteiger charge is 1.93. The minimum Gasteiger partial charge on any atom is -0.245 e. The van der Waals surface area contributed by atoms with Crippen LogP contribution < -0.4 is 5.69 Å². The number of hydrogen-bond donors (Lipinski definition) is 1. The predicted molar refractivity (Wildman–Crippen MR) is 30.6 cm³/mol. The Morgan fingerprint density at radius 3 is 3.11 bits per heavy atom. The molecule has 1 aromatic rings. The van der Waals surface area contributed by atoms with Gasteiger partial charge in [0, 0.05) is 0 Å². The molecule has 0 aromatic carbocycles. The fourth-order valence-corrected chi connectivity index (χ4v) is 0.510. The van der Waals surface area contributed by atoms with Crippen LogP contribution >= 0.6 is 0 Å². The van der Waals surface area contributed by atoms with Crippen LogP contribution in [0.2, 0.25) is 0 Å². The van der Waals surface area contributed by atoms with Crippen LogP contribution in [-0.2, 0) is 6.54 Å². The first-order valence-corrected chi connectivity index (χ1v) is 2.60. The fraction of sp³-hybridized carbons (Fsp3) is 0.500. The van der Waals surface area contributed by atoms with E-state index in [0.717, 1.165) is 0 Å². The molecule has 5 nitrogen and oxygen atoms in total. The highest BCUT2D eigenvalue weighted by Crippen LogP contribution is 1.74. The number of H-pyrrole nitrogens is 1. The number of nitrogens with one attached hydrogen (secondary N) is 1. The van der Waals surface area contributed by atoms with Gasteiger partial charge < -0.3 is 0 Å². The number of hydrogen-bond acceptors (Lipinski definition) is 3. The quantitative estimate of drug-likeness (QED) is 0.565. The van der Waals surface area contributed by atoms with Gasteiger partial charge in [0.15, 0.2) is 0 Å². The van der Waals surface area contributed by atoms with E-state index in [1.807, 2.05) is 13.3 Å². The molecular formula is C4H7N4O. The molecule has 1 N–H and O–H groups in total. The van der Waals surface area contributed by atoms with Crippen LogP contribution in [0.5, 0.6) is 0 Å². The topological polar surface area (TPSA) is 63.6 Å². The van der Waals surface area contributed by atoms with Gasteiger partial charge in [0.2, 0.25) is 0 Å². The van der Waals surface area contributed by atoms with Gasteiger partial charge in [-0.25, -0.2) is 9.89 Å². The van der Waals surface area contributed by atoms with Crippen LogP contribution in [0.1, 0.15) is 6.92 Å². The van der Waals surface area contributed by atoms with Crippen LogP contribution in [0.25, 0.3) is 0 Å². The average molecular weight is 127 g/mol. The monoisotopic (exact) mass is 127 g/mol. The van der Waals surface area contributed by atoms with E-state index in [2.05, 4.69) is 15.5 Å². The van der Waals surface area contributed by atoms with Crippen LogP contribution in [-0.4, -0.2) is 20.2 Å². The summed E-state index contributed by atoms with van der Waals surface area (Å²) >= 11 is 0. The molecule has 0 fully saturated rings. The Balaban J connectivity index is 2.81. The summed E-state index contributed by atoms with van der Waals surface area (Å²) in [6.07, 6.45) is 1.82. The fourth-order valence-electron chi connectivity index (χ4n) is 0.510. The van der Waals surface area contributed by atoms with Crippen LogP contribution in [0.4, 0.5) is 0 Å². The standard InChI is InChI=1S/C4H7N4O/c1-2-3-8-4(9)5-6-7-8/h2H,3H2,1H3,(H,5,7,9). The molecule has 1 aromatic heterocycles. The molecule has 49 valence electrons. The smallest absolute Gasteiger partial charge is 0.245 e. The molecule has 1 radical (unpaired) electrons. The van der Waals surface area contributed by atoms with Gasteiger partial charge in [-0.2, -0.15) is 4.68 Å². The highest BCUT2D eigenvalue weighted by molar-refractivity contribution is 4.58. The Labute approximate surface area is 51.7 Å². The Bertz CT molecular complexity index is 224. The van der Waals surface area contributed by atoms with Crippen molar-refractivity contribution in [3.05, 3.63) is 16.9 Å². The maximum atomic E-state index is 10.6. The lowest BCUT2D eigenvalue weighted by atomic mass is 10.5. The number of tetrazole rings is 1. The summed E-state index contributed by atoms with van der Waals surface area (Å²) in [4.78, 5) is 10.6. The van der Waals surface area contributed by atoms with Crippen molar-refractivity contribution in [3.8, 4) is 0 Å². The summed E-state index contributed by atoms with van der Waals surface area (Å²) < 4.78 is 1.24. The molecule has 0 unspecified atom stereocenters. The average Bonchev–Trinajstić information content (AvgIpc) is 2.18. The van der Waals surface area contributed by atoms with Gasteiger partial charge in [-0.05, 0) is 16.8 Å². The molecule has 0 bridgehead atoms. The van der Waals surface area contributed by atoms with E-state index in [1.54, 1.807) is 0 Å².